The molecular formula is C39H44O11. The Morgan fingerprint density at radius 1 is 0.580 bits per heavy atom. The molecular weight excluding hydrogens is 644 g/mol. The number of ether oxygens (including phenoxy) is 7. The standard InChI is InChI=1S/C39H44O11/c1-8-34(40)45-16-10-12-18-47-36-25(3)20-29(21-26(36)4)38(42)49-31-14-15-32(33(24-31)44-7)50-39(43)30-22-27(5)37(28(6)23-30)48-19-13-11-17-46-35(41)9-2/h8-9,14-15,20-24H,1-2,10-13,16-19H2,3-7H3. The van der Waals surface area contributed by atoms with Crippen LogP contribution in [0.2, 0.25) is 0 Å². The molecule has 0 N–H and O–H groups in total. The fourth-order valence-electron chi connectivity index (χ4n) is 4.93. The van der Waals surface area contributed by atoms with Crippen LogP contribution in [0.15, 0.2) is 67.8 Å². The topological polar surface area (TPSA) is 133 Å². The number of benzene rings is 3. The molecule has 0 spiro atoms. The van der Waals surface area contributed by atoms with Crippen LogP contribution in [-0.4, -0.2) is 57.4 Å². The Kier molecular flexibility index (Phi) is 15.1. The molecule has 11 nitrogen and oxygen atoms in total. The van der Waals surface area contributed by atoms with E-state index in [1.807, 2.05) is 27.7 Å². The zero-order valence-electron chi connectivity index (χ0n) is 29.3. The zero-order valence-corrected chi connectivity index (χ0v) is 29.3. The maximum atomic E-state index is 13.1. The second kappa shape index (κ2) is 19.4. The van der Waals surface area contributed by atoms with Crippen molar-refractivity contribution in [2.24, 2.45) is 0 Å². The molecule has 50 heavy (non-hydrogen) atoms. The van der Waals surface area contributed by atoms with Crippen molar-refractivity contribution in [2.45, 2.75) is 53.4 Å². The van der Waals surface area contributed by atoms with Gasteiger partial charge in [0.1, 0.15) is 17.2 Å². The summed E-state index contributed by atoms with van der Waals surface area (Å²) in [7, 11) is 1.42. The van der Waals surface area contributed by atoms with Crippen LogP contribution in [0.5, 0.6) is 28.7 Å². The summed E-state index contributed by atoms with van der Waals surface area (Å²) in [6, 6.07) is 11.2. The number of methoxy groups -OCH3 is 1. The Morgan fingerprint density at radius 3 is 1.42 bits per heavy atom. The molecule has 0 saturated heterocycles. The van der Waals surface area contributed by atoms with Gasteiger partial charge in [0.15, 0.2) is 11.5 Å². The van der Waals surface area contributed by atoms with E-state index in [0.717, 1.165) is 34.4 Å². The molecule has 0 fully saturated rings. The summed E-state index contributed by atoms with van der Waals surface area (Å²) in [4.78, 5) is 48.4. The third kappa shape index (κ3) is 11.5. The fraction of sp³-hybridized carbons (Fsp3) is 0.333. The number of carbonyl (C=O) groups excluding carboxylic acids is 4. The van der Waals surface area contributed by atoms with Crippen molar-refractivity contribution < 1.29 is 52.3 Å². The van der Waals surface area contributed by atoms with E-state index in [0.29, 0.717) is 61.5 Å². The summed E-state index contributed by atoms with van der Waals surface area (Å²) in [6.07, 6.45) is 4.90. The maximum Gasteiger partial charge on any atom is 0.343 e. The molecule has 0 heterocycles. The Balaban J connectivity index is 1.58. The van der Waals surface area contributed by atoms with Crippen LogP contribution in [0, 0.1) is 27.7 Å². The van der Waals surface area contributed by atoms with Crippen LogP contribution < -0.4 is 23.7 Å². The Hall–Kier alpha value is -5.58. The first-order valence-corrected chi connectivity index (χ1v) is 16.2. The van der Waals surface area contributed by atoms with Gasteiger partial charge in [0.2, 0.25) is 0 Å². The molecule has 0 aliphatic heterocycles. The van der Waals surface area contributed by atoms with Crippen molar-refractivity contribution in [3.63, 3.8) is 0 Å². The minimum absolute atomic E-state index is 0.150. The highest BCUT2D eigenvalue weighted by molar-refractivity contribution is 5.93. The van der Waals surface area contributed by atoms with Crippen molar-refractivity contribution in [1.29, 1.82) is 0 Å². The summed E-state index contributed by atoms with van der Waals surface area (Å²) < 4.78 is 38.5. The van der Waals surface area contributed by atoms with Crippen molar-refractivity contribution in [3.05, 3.63) is 101 Å². The molecule has 0 saturated carbocycles. The Morgan fingerprint density at radius 2 is 1.00 bits per heavy atom. The molecule has 3 rings (SSSR count). The SMILES string of the molecule is C=CC(=O)OCCCCOc1c(C)cc(C(=O)Oc2ccc(OC(=O)c3cc(C)c(OCCCCOC(=O)C=C)c(C)c3)c(OC)c2)cc1C. The van der Waals surface area contributed by atoms with E-state index >= 15 is 0 Å². The predicted octanol–water partition coefficient (Wildman–Crippen LogP) is 7.14. The second-order valence-corrected chi connectivity index (χ2v) is 11.3. The predicted molar refractivity (Wildman–Crippen MR) is 187 cm³/mol. The van der Waals surface area contributed by atoms with Crippen LogP contribution in [0.4, 0.5) is 0 Å². The molecule has 266 valence electrons. The van der Waals surface area contributed by atoms with Gasteiger partial charge in [-0.1, -0.05) is 13.2 Å². The van der Waals surface area contributed by atoms with E-state index in [1.165, 1.54) is 25.3 Å². The first-order valence-electron chi connectivity index (χ1n) is 16.2. The number of hydrogen-bond donors (Lipinski definition) is 0. The quantitative estimate of drug-likeness (QED) is 0.0551. The van der Waals surface area contributed by atoms with Crippen molar-refractivity contribution in [3.8, 4) is 28.7 Å². The van der Waals surface area contributed by atoms with Gasteiger partial charge in [0.25, 0.3) is 0 Å². The number of esters is 4. The Labute approximate surface area is 292 Å². The third-order valence-corrected chi connectivity index (χ3v) is 7.33. The van der Waals surface area contributed by atoms with Crippen LogP contribution in [-0.2, 0) is 19.1 Å². The summed E-state index contributed by atoms with van der Waals surface area (Å²) in [6.45, 7) is 15.5. The maximum absolute atomic E-state index is 13.1. The van der Waals surface area contributed by atoms with Gasteiger partial charge >= 0.3 is 23.9 Å². The molecule has 0 unspecified atom stereocenters. The minimum atomic E-state index is -0.598. The lowest BCUT2D eigenvalue weighted by Crippen LogP contribution is -2.12. The highest BCUT2D eigenvalue weighted by Crippen LogP contribution is 2.34. The lowest BCUT2D eigenvalue weighted by atomic mass is 10.1. The van der Waals surface area contributed by atoms with Crippen LogP contribution in [0.1, 0.15) is 68.7 Å². The minimum Gasteiger partial charge on any atom is -0.493 e. The average molecular weight is 689 g/mol. The number of carbonyl (C=O) groups is 4. The highest BCUT2D eigenvalue weighted by Gasteiger charge is 2.19. The summed E-state index contributed by atoms with van der Waals surface area (Å²) in [5.74, 6) is -0.197. The van der Waals surface area contributed by atoms with Gasteiger partial charge < -0.3 is 33.2 Å². The number of unbranched alkanes of at least 4 members (excludes halogenated alkanes) is 2. The third-order valence-electron chi connectivity index (χ3n) is 7.33. The van der Waals surface area contributed by atoms with Gasteiger partial charge in [-0.3, -0.25) is 0 Å². The first kappa shape index (κ1) is 38.9. The molecule has 11 heteroatoms. The molecule has 0 amide bonds. The van der Waals surface area contributed by atoms with E-state index < -0.39 is 23.9 Å². The van der Waals surface area contributed by atoms with Gasteiger partial charge in [0.05, 0.1) is 44.7 Å². The summed E-state index contributed by atoms with van der Waals surface area (Å²) >= 11 is 0. The monoisotopic (exact) mass is 688 g/mol. The summed E-state index contributed by atoms with van der Waals surface area (Å²) in [5.41, 5.74) is 3.72. The number of hydrogen-bond acceptors (Lipinski definition) is 11. The average Bonchev–Trinajstić information content (AvgIpc) is 3.09. The number of rotatable bonds is 19. The Bertz CT molecular complexity index is 1660. The van der Waals surface area contributed by atoms with E-state index in [1.54, 1.807) is 24.3 Å². The van der Waals surface area contributed by atoms with Crippen LogP contribution >= 0.6 is 0 Å². The molecule has 3 aromatic carbocycles. The smallest absolute Gasteiger partial charge is 0.343 e. The summed E-state index contributed by atoms with van der Waals surface area (Å²) in [5, 5.41) is 0. The number of aryl methyl sites for hydroxylation is 4. The van der Waals surface area contributed by atoms with E-state index in [2.05, 4.69) is 13.2 Å². The molecule has 0 aromatic heterocycles. The molecule has 0 bridgehead atoms. The molecule has 0 atom stereocenters. The van der Waals surface area contributed by atoms with Crippen molar-refractivity contribution in [2.75, 3.05) is 33.5 Å². The van der Waals surface area contributed by atoms with Crippen LogP contribution in [0.3, 0.4) is 0 Å². The van der Waals surface area contributed by atoms with Gasteiger partial charge in [-0.2, -0.15) is 0 Å². The first-order chi connectivity index (χ1) is 24.0. The van der Waals surface area contributed by atoms with Gasteiger partial charge in [-0.25, -0.2) is 19.2 Å². The van der Waals surface area contributed by atoms with Crippen molar-refractivity contribution in [1.82, 2.24) is 0 Å². The van der Waals surface area contributed by atoms with Gasteiger partial charge in [-0.05, 0) is 112 Å². The molecule has 0 radical (unpaired) electrons. The lowest BCUT2D eigenvalue weighted by molar-refractivity contribution is -0.138. The second-order valence-electron chi connectivity index (χ2n) is 11.3. The lowest BCUT2D eigenvalue weighted by Gasteiger charge is -2.15. The van der Waals surface area contributed by atoms with E-state index in [4.69, 9.17) is 33.2 Å². The van der Waals surface area contributed by atoms with E-state index in [-0.39, 0.29) is 30.5 Å². The van der Waals surface area contributed by atoms with Crippen LogP contribution in [0.25, 0.3) is 0 Å². The molecule has 3 aromatic rings. The zero-order chi connectivity index (χ0) is 36.6. The van der Waals surface area contributed by atoms with Gasteiger partial charge in [-0.15, -0.1) is 0 Å². The van der Waals surface area contributed by atoms with E-state index in [9.17, 15) is 19.2 Å². The molecule has 0 aliphatic carbocycles. The largest absolute Gasteiger partial charge is 0.493 e. The normalized spacial score (nSPS) is 10.4. The molecule has 0 aliphatic rings. The van der Waals surface area contributed by atoms with Gasteiger partial charge in [0, 0.05) is 18.2 Å². The van der Waals surface area contributed by atoms with Crippen molar-refractivity contribution >= 4 is 23.9 Å². The highest BCUT2D eigenvalue weighted by atomic mass is 16.6. The fourth-order valence-corrected chi connectivity index (χ4v) is 4.93.